The third-order valence-electron chi connectivity index (χ3n) is 3.51. The Labute approximate surface area is 146 Å². The number of nitrogens with zero attached hydrogens (tertiary/aromatic N) is 1. The molecule has 1 heterocycles. The van der Waals surface area contributed by atoms with Crippen molar-refractivity contribution >= 4 is 21.4 Å². The summed E-state index contributed by atoms with van der Waals surface area (Å²) < 4.78 is 26.9. The van der Waals surface area contributed by atoms with E-state index in [-0.39, 0.29) is 4.90 Å². The number of nitrogens with one attached hydrogen (secondary N) is 1. The van der Waals surface area contributed by atoms with Gasteiger partial charge in [-0.3, -0.25) is 0 Å². The molecule has 0 aliphatic carbocycles. The Morgan fingerprint density at radius 1 is 0.958 bits per heavy atom. The highest BCUT2D eigenvalue weighted by atomic mass is 32.2. The van der Waals surface area contributed by atoms with E-state index in [1.807, 2.05) is 24.4 Å². The molecule has 124 valence electrons. The van der Waals surface area contributed by atoms with Crippen molar-refractivity contribution in [3.63, 3.8) is 0 Å². The number of hydrogen-bond acceptors (Lipinski definition) is 4. The number of aromatic nitrogens is 1. The van der Waals surface area contributed by atoms with E-state index in [2.05, 4.69) is 21.8 Å². The van der Waals surface area contributed by atoms with Gasteiger partial charge in [0.2, 0.25) is 10.0 Å². The van der Waals surface area contributed by atoms with Crippen LogP contribution in [0.2, 0.25) is 0 Å². The maximum absolute atomic E-state index is 12.1. The molecule has 0 saturated carbocycles. The molecule has 1 N–H and O–H groups in total. The van der Waals surface area contributed by atoms with Gasteiger partial charge >= 0.3 is 0 Å². The molecular weight excluding hydrogens is 340 g/mol. The van der Waals surface area contributed by atoms with Gasteiger partial charge in [-0.25, -0.2) is 18.1 Å². The fourth-order valence-electron chi connectivity index (χ4n) is 2.32. The average molecular weight is 358 g/mol. The molecule has 0 bridgehead atoms. The van der Waals surface area contributed by atoms with Gasteiger partial charge in [-0.1, -0.05) is 48.5 Å². The highest BCUT2D eigenvalue weighted by molar-refractivity contribution is 7.89. The topological polar surface area (TPSA) is 59.1 Å². The zero-order valence-corrected chi connectivity index (χ0v) is 14.7. The second-order valence-electron chi connectivity index (χ2n) is 5.34. The minimum Gasteiger partial charge on any atom is -0.249 e. The summed E-state index contributed by atoms with van der Waals surface area (Å²) >= 11 is 1.63. The first-order valence-electron chi connectivity index (χ1n) is 7.66. The molecule has 0 atom stereocenters. The maximum atomic E-state index is 12.1. The Morgan fingerprint density at radius 2 is 1.62 bits per heavy atom. The molecule has 3 aromatic rings. The Hall–Kier alpha value is -2.02. The van der Waals surface area contributed by atoms with Crippen LogP contribution in [0.4, 0.5) is 0 Å². The van der Waals surface area contributed by atoms with E-state index in [1.165, 1.54) is 10.4 Å². The van der Waals surface area contributed by atoms with Gasteiger partial charge in [0.05, 0.1) is 9.90 Å². The van der Waals surface area contributed by atoms with Crippen molar-refractivity contribution in [2.45, 2.75) is 17.7 Å². The standard InChI is InChI=1S/C18H18N2O2S2/c21-24(22,17-9-5-2-6-10-17)20-12-11-18-19-14-16(23-18)13-15-7-3-1-4-8-15/h1-10,14,20H,11-13H2. The molecule has 0 aliphatic heterocycles. The van der Waals surface area contributed by atoms with Gasteiger partial charge in [-0.2, -0.15) is 0 Å². The van der Waals surface area contributed by atoms with Crippen LogP contribution in [0.3, 0.4) is 0 Å². The molecule has 6 heteroatoms. The molecule has 0 fully saturated rings. The lowest BCUT2D eigenvalue weighted by Gasteiger charge is -2.05. The monoisotopic (exact) mass is 358 g/mol. The number of hydrogen-bond donors (Lipinski definition) is 1. The summed E-state index contributed by atoms with van der Waals surface area (Å²) in [5, 5.41) is 0.941. The van der Waals surface area contributed by atoms with E-state index in [0.29, 0.717) is 13.0 Å². The maximum Gasteiger partial charge on any atom is 0.240 e. The first kappa shape index (κ1) is 16.8. The van der Waals surface area contributed by atoms with Crippen molar-refractivity contribution in [3.8, 4) is 0 Å². The second-order valence-corrected chi connectivity index (χ2v) is 8.31. The normalized spacial score (nSPS) is 11.5. The predicted octanol–water partition coefficient (Wildman–Crippen LogP) is 3.25. The van der Waals surface area contributed by atoms with Gasteiger partial charge in [0.15, 0.2) is 0 Å². The summed E-state index contributed by atoms with van der Waals surface area (Å²) in [7, 11) is -3.45. The SMILES string of the molecule is O=S(=O)(NCCc1ncc(Cc2ccccc2)s1)c1ccccc1. The Morgan fingerprint density at radius 3 is 2.33 bits per heavy atom. The fraction of sp³-hybridized carbons (Fsp3) is 0.167. The van der Waals surface area contributed by atoms with Crippen LogP contribution in [-0.4, -0.2) is 19.9 Å². The van der Waals surface area contributed by atoms with Gasteiger partial charge in [0, 0.05) is 30.5 Å². The second kappa shape index (κ2) is 7.70. The summed E-state index contributed by atoms with van der Waals surface area (Å²) in [6.07, 6.45) is 3.32. The third kappa shape index (κ3) is 4.50. The van der Waals surface area contributed by atoms with E-state index >= 15 is 0 Å². The highest BCUT2D eigenvalue weighted by Gasteiger charge is 2.12. The van der Waals surface area contributed by atoms with Crippen molar-refractivity contribution < 1.29 is 8.42 Å². The van der Waals surface area contributed by atoms with Gasteiger partial charge < -0.3 is 0 Å². The van der Waals surface area contributed by atoms with E-state index in [4.69, 9.17) is 0 Å². The zero-order valence-electron chi connectivity index (χ0n) is 13.1. The smallest absolute Gasteiger partial charge is 0.240 e. The molecule has 0 saturated heterocycles. The minimum atomic E-state index is -3.45. The summed E-state index contributed by atoms with van der Waals surface area (Å²) in [6, 6.07) is 18.6. The molecule has 1 aromatic heterocycles. The Kier molecular flexibility index (Phi) is 5.40. The molecule has 0 amide bonds. The van der Waals surface area contributed by atoms with Crippen LogP contribution in [0.25, 0.3) is 0 Å². The van der Waals surface area contributed by atoms with Crippen LogP contribution in [-0.2, 0) is 22.9 Å². The molecular formula is C18H18N2O2S2. The zero-order chi connectivity index (χ0) is 16.8. The van der Waals surface area contributed by atoms with Crippen LogP contribution in [0.5, 0.6) is 0 Å². The highest BCUT2D eigenvalue weighted by Crippen LogP contribution is 2.17. The molecule has 0 unspecified atom stereocenters. The van der Waals surface area contributed by atoms with Gasteiger partial charge in [-0.15, -0.1) is 11.3 Å². The lowest BCUT2D eigenvalue weighted by atomic mass is 10.1. The molecule has 0 spiro atoms. The van der Waals surface area contributed by atoms with E-state index in [1.54, 1.807) is 41.7 Å². The average Bonchev–Trinajstić information content (AvgIpc) is 3.04. The van der Waals surface area contributed by atoms with Gasteiger partial charge in [-0.05, 0) is 17.7 Å². The lowest BCUT2D eigenvalue weighted by molar-refractivity contribution is 0.581. The van der Waals surface area contributed by atoms with E-state index in [0.717, 1.165) is 11.4 Å². The fourth-order valence-corrected chi connectivity index (χ4v) is 4.33. The molecule has 24 heavy (non-hydrogen) atoms. The van der Waals surface area contributed by atoms with Gasteiger partial charge in [0.25, 0.3) is 0 Å². The van der Waals surface area contributed by atoms with Crippen LogP contribution < -0.4 is 4.72 Å². The van der Waals surface area contributed by atoms with Crippen LogP contribution in [0.15, 0.2) is 71.8 Å². The van der Waals surface area contributed by atoms with Crippen LogP contribution in [0, 0.1) is 0 Å². The van der Waals surface area contributed by atoms with Gasteiger partial charge in [0.1, 0.15) is 0 Å². The molecule has 0 radical (unpaired) electrons. The molecule has 0 aliphatic rings. The molecule has 2 aromatic carbocycles. The molecule has 3 rings (SSSR count). The largest absolute Gasteiger partial charge is 0.249 e. The predicted molar refractivity (Wildman–Crippen MR) is 96.7 cm³/mol. The van der Waals surface area contributed by atoms with Crippen molar-refractivity contribution in [2.75, 3.05) is 6.54 Å². The van der Waals surface area contributed by atoms with Crippen molar-refractivity contribution in [2.24, 2.45) is 0 Å². The van der Waals surface area contributed by atoms with Crippen molar-refractivity contribution in [1.29, 1.82) is 0 Å². The lowest BCUT2D eigenvalue weighted by Crippen LogP contribution is -2.25. The minimum absolute atomic E-state index is 0.286. The number of sulfonamides is 1. The summed E-state index contributed by atoms with van der Waals surface area (Å²) in [5.74, 6) is 0. The summed E-state index contributed by atoms with van der Waals surface area (Å²) in [6.45, 7) is 0.343. The summed E-state index contributed by atoms with van der Waals surface area (Å²) in [5.41, 5.74) is 1.25. The number of benzene rings is 2. The van der Waals surface area contributed by atoms with Crippen molar-refractivity contribution in [3.05, 3.63) is 82.3 Å². The van der Waals surface area contributed by atoms with E-state index in [9.17, 15) is 8.42 Å². The van der Waals surface area contributed by atoms with Crippen LogP contribution in [0.1, 0.15) is 15.4 Å². The Balaban J connectivity index is 1.54. The van der Waals surface area contributed by atoms with E-state index < -0.39 is 10.0 Å². The third-order valence-corrected chi connectivity index (χ3v) is 6.04. The molecule has 4 nitrogen and oxygen atoms in total. The number of thiazole rings is 1. The van der Waals surface area contributed by atoms with Crippen molar-refractivity contribution in [1.82, 2.24) is 9.71 Å². The quantitative estimate of drug-likeness (QED) is 0.705. The summed E-state index contributed by atoms with van der Waals surface area (Å²) in [4.78, 5) is 5.86. The first-order chi connectivity index (χ1) is 11.6. The first-order valence-corrected chi connectivity index (χ1v) is 9.96. The van der Waals surface area contributed by atoms with Crippen LogP contribution >= 0.6 is 11.3 Å². The number of rotatable bonds is 7. The Bertz CT molecular complexity index is 876.